The van der Waals surface area contributed by atoms with Gasteiger partial charge in [-0.3, -0.25) is 25.0 Å². The molecule has 0 atom stereocenters. The van der Waals surface area contributed by atoms with Gasteiger partial charge >= 0.3 is 0 Å². The Balaban J connectivity index is 3.57. The van der Waals surface area contributed by atoms with Crippen molar-refractivity contribution >= 4 is 29.1 Å². The first-order valence-electron chi connectivity index (χ1n) is 4.01. The number of carbonyl (C=O) groups excluding carboxylic acids is 1. The summed E-state index contributed by atoms with van der Waals surface area (Å²) in [6.45, 7) is 1.34. The van der Waals surface area contributed by atoms with Crippen LogP contribution in [0.15, 0.2) is 12.1 Å². The molecule has 0 heterocycles. The Morgan fingerprint density at radius 3 is 2.19 bits per heavy atom. The fourth-order valence-electron chi connectivity index (χ4n) is 1.20. The number of benzene rings is 1. The number of nitro benzene ring substituents is 2. The molecule has 0 saturated carbocycles. The lowest BCUT2D eigenvalue weighted by atomic mass is 10.1. The van der Waals surface area contributed by atoms with Crippen LogP contribution in [0.25, 0.3) is 0 Å². The summed E-state index contributed by atoms with van der Waals surface area (Å²) in [5, 5.41) is 20.4. The van der Waals surface area contributed by atoms with E-state index in [0.29, 0.717) is 0 Å². The first-order valence-corrected chi connectivity index (χ1v) is 4.46. The minimum absolute atomic E-state index is 0.0654. The van der Waals surface area contributed by atoms with E-state index in [4.69, 9.17) is 0 Å². The van der Waals surface area contributed by atoms with Crippen LogP contribution in [-0.2, 0) is 0 Å². The third kappa shape index (κ3) is 2.16. The van der Waals surface area contributed by atoms with E-state index in [9.17, 15) is 25.0 Å². The van der Waals surface area contributed by atoms with Crippen molar-refractivity contribution in [1.82, 2.24) is 0 Å². The summed E-state index contributed by atoms with van der Waals surface area (Å²) in [7, 11) is 0. The average Bonchev–Trinajstić information content (AvgIpc) is 2.16. The minimum Gasteiger partial charge on any atom is -0.282 e. The normalized spacial score (nSPS) is 9.88. The van der Waals surface area contributed by atoms with Crippen molar-refractivity contribution in [3.8, 4) is 0 Å². The Bertz CT molecular complexity index is 464. The number of thiol groups is 1. The third-order valence-corrected chi connectivity index (χ3v) is 2.24. The highest BCUT2D eigenvalue weighted by atomic mass is 32.1. The van der Waals surface area contributed by atoms with Crippen LogP contribution < -0.4 is 0 Å². The van der Waals surface area contributed by atoms with E-state index in [-0.39, 0.29) is 11.1 Å². The molecule has 0 N–H and O–H groups in total. The molecule has 0 fully saturated rings. The lowest BCUT2D eigenvalue weighted by Crippen LogP contribution is -2.01. The first-order chi connectivity index (χ1) is 7.34. The topological polar surface area (TPSA) is 103 Å². The Labute approximate surface area is 94.8 Å². The van der Waals surface area contributed by atoms with Gasteiger partial charge in [-0.2, -0.15) is 0 Å². The molecular formula is C8H6N2O5S. The van der Waals surface area contributed by atoms with Crippen molar-refractivity contribution in [2.75, 3.05) is 0 Å². The minimum atomic E-state index is -0.799. The maximum Gasteiger partial charge on any atom is 0.279 e. The van der Waals surface area contributed by atoms with Crippen LogP contribution >= 0.6 is 12.6 Å². The molecule has 0 aliphatic carbocycles. The Morgan fingerprint density at radius 2 is 1.81 bits per heavy atom. The summed E-state index contributed by atoms with van der Waals surface area (Å²) in [5.74, 6) is 0. The van der Waals surface area contributed by atoms with Crippen molar-refractivity contribution in [3.63, 3.8) is 0 Å². The van der Waals surface area contributed by atoms with Crippen LogP contribution in [-0.4, -0.2) is 15.0 Å². The van der Waals surface area contributed by atoms with Crippen LogP contribution in [0.3, 0.4) is 0 Å². The van der Waals surface area contributed by atoms with Crippen molar-refractivity contribution in [3.05, 3.63) is 43.5 Å². The molecule has 0 aromatic heterocycles. The van der Waals surface area contributed by atoms with Crippen LogP contribution in [0.5, 0.6) is 0 Å². The van der Waals surface area contributed by atoms with Crippen LogP contribution in [0.2, 0.25) is 0 Å². The highest BCUT2D eigenvalue weighted by Gasteiger charge is 2.23. The molecule has 1 aromatic rings. The van der Waals surface area contributed by atoms with E-state index < -0.39 is 26.3 Å². The van der Waals surface area contributed by atoms with Gasteiger partial charge in [-0.05, 0) is 6.92 Å². The first kappa shape index (κ1) is 12.1. The van der Waals surface area contributed by atoms with Gasteiger partial charge in [0.2, 0.25) is 5.12 Å². The zero-order chi connectivity index (χ0) is 12.5. The van der Waals surface area contributed by atoms with E-state index in [1.54, 1.807) is 0 Å². The van der Waals surface area contributed by atoms with E-state index in [1.807, 2.05) is 0 Å². The number of carbonyl (C=O) groups is 1. The van der Waals surface area contributed by atoms with Gasteiger partial charge in [-0.15, -0.1) is 12.6 Å². The second-order valence-corrected chi connectivity index (χ2v) is 3.36. The van der Waals surface area contributed by atoms with Gasteiger partial charge in [0.05, 0.1) is 15.9 Å². The summed E-state index contributed by atoms with van der Waals surface area (Å²) in [4.78, 5) is 30.6. The van der Waals surface area contributed by atoms with Gasteiger partial charge in [-0.25, -0.2) is 0 Å². The number of hydrogen-bond donors (Lipinski definition) is 1. The number of hydrogen-bond acceptors (Lipinski definition) is 5. The summed E-state index contributed by atoms with van der Waals surface area (Å²) < 4.78 is 0. The fourth-order valence-corrected chi connectivity index (χ4v) is 1.43. The van der Waals surface area contributed by atoms with Gasteiger partial charge < -0.3 is 0 Å². The largest absolute Gasteiger partial charge is 0.282 e. The van der Waals surface area contributed by atoms with Crippen LogP contribution in [0.4, 0.5) is 11.4 Å². The van der Waals surface area contributed by atoms with E-state index >= 15 is 0 Å². The smallest absolute Gasteiger partial charge is 0.279 e. The van der Waals surface area contributed by atoms with Crippen molar-refractivity contribution < 1.29 is 14.6 Å². The molecule has 16 heavy (non-hydrogen) atoms. The molecule has 1 aromatic carbocycles. The lowest BCUT2D eigenvalue weighted by molar-refractivity contribution is -0.394. The molecule has 7 nitrogen and oxygen atoms in total. The molecule has 0 bridgehead atoms. The molecule has 1 rings (SSSR count). The molecule has 0 aliphatic rings. The van der Waals surface area contributed by atoms with E-state index in [1.165, 1.54) is 6.92 Å². The van der Waals surface area contributed by atoms with Gasteiger partial charge in [0.15, 0.2) is 0 Å². The van der Waals surface area contributed by atoms with Gasteiger partial charge in [0, 0.05) is 17.2 Å². The molecule has 0 unspecified atom stereocenters. The van der Waals surface area contributed by atoms with Gasteiger partial charge in [0.25, 0.3) is 11.4 Å². The Kier molecular flexibility index (Phi) is 3.23. The number of nitro groups is 2. The summed E-state index contributed by atoms with van der Waals surface area (Å²) in [5.41, 5.74) is -1.04. The summed E-state index contributed by atoms with van der Waals surface area (Å²) in [6, 6.07) is 1.78. The number of non-ortho nitro benzene ring substituents is 1. The maximum absolute atomic E-state index is 11.0. The molecule has 0 aliphatic heterocycles. The fraction of sp³-hybridized carbons (Fsp3) is 0.125. The number of rotatable bonds is 3. The predicted octanol–water partition coefficient (Wildman–Crippen LogP) is 1.88. The Hall–Kier alpha value is -1.96. The standard InChI is InChI=1S/C8H6N2O5S/c1-4-6(8(11)16)2-5(9(12)13)3-7(4)10(14)15/h2-3H,1H3,(H,11,16). The van der Waals surface area contributed by atoms with Crippen LogP contribution in [0, 0.1) is 27.2 Å². The molecule has 0 spiro atoms. The van der Waals surface area contributed by atoms with E-state index in [2.05, 4.69) is 12.6 Å². The predicted molar refractivity (Wildman–Crippen MR) is 57.8 cm³/mol. The third-order valence-electron chi connectivity index (χ3n) is 2.00. The van der Waals surface area contributed by atoms with E-state index in [0.717, 1.165) is 12.1 Å². The highest BCUT2D eigenvalue weighted by Crippen LogP contribution is 2.28. The second kappa shape index (κ2) is 4.27. The Morgan fingerprint density at radius 1 is 1.25 bits per heavy atom. The highest BCUT2D eigenvalue weighted by molar-refractivity contribution is 7.97. The molecular weight excluding hydrogens is 236 g/mol. The summed E-state index contributed by atoms with van der Waals surface area (Å²) in [6.07, 6.45) is 0. The van der Waals surface area contributed by atoms with Gasteiger partial charge in [-0.1, -0.05) is 0 Å². The molecule has 0 radical (unpaired) electrons. The van der Waals surface area contributed by atoms with Crippen molar-refractivity contribution in [2.24, 2.45) is 0 Å². The van der Waals surface area contributed by atoms with Crippen molar-refractivity contribution in [2.45, 2.75) is 6.92 Å². The zero-order valence-electron chi connectivity index (χ0n) is 8.04. The monoisotopic (exact) mass is 242 g/mol. The molecule has 84 valence electrons. The summed E-state index contributed by atoms with van der Waals surface area (Å²) >= 11 is 3.50. The maximum atomic E-state index is 11.0. The zero-order valence-corrected chi connectivity index (χ0v) is 8.93. The molecule has 0 amide bonds. The number of nitrogens with zero attached hydrogens (tertiary/aromatic N) is 2. The SMILES string of the molecule is Cc1c(C(=O)S)cc([N+](=O)[O-])cc1[N+](=O)[O-]. The van der Waals surface area contributed by atoms with Crippen LogP contribution in [0.1, 0.15) is 15.9 Å². The molecule has 8 heteroatoms. The van der Waals surface area contributed by atoms with Gasteiger partial charge in [0.1, 0.15) is 0 Å². The van der Waals surface area contributed by atoms with Crippen molar-refractivity contribution in [1.29, 1.82) is 0 Å². The molecule has 0 saturated heterocycles. The second-order valence-electron chi connectivity index (χ2n) is 2.96. The quantitative estimate of drug-likeness (QED) is 0.495. The lowest BCUT2D eigenvalue weighted by Gasteiger charge is -2.02. The average molecular weight is 242 g/mol.